The smallest absolute Gasteiger partial charge is 0.315 e. The van der Waals surface area contributed by atoms with Crippen molar-refractivity contribution in [2.24, 2.45) is 11.5 Å². The van der Waals surface area contributed by atoms with Gasteiger partial charge < -0.3 is 16.4 Å². The topological polar surface area (TPSA) is 85.2 Å². The largest absolute Gasteiger partial charge is 0.351 e. The van der Waals surface area contributed by atoms with Crippen LogP contribution in [0.5, 0.6) is 0 Å². The molecule has 0 radical (unpaired) electrons. The third-order valence-electron chi connectivity index (χ3n) is 2.07. The van der Waals surface area contributed by atoms with Crippen LogP contribution in [0.3, 0.4) is 0 Å². The second-order valence-electron chi connectivity index (χ2n) is 3.26. The summed E-state index contributed by atoms with van der Waals surface area (Å²) < 4.78 is 0. The maximum atomic E-state index is 11.1. The predicted octanol–water partition coefficient (Wildman–Crippen LogP) is 0.311. The summed E-state index contributed by atoms with van der Waals surface area (Å²) in [5.41, 5.74) is 11.7. The number of nitrogens with two attached hydrogens (primary N) is 2. The van der Waals surface area contributed by atoms with Crippen molar-refractivity contribution in [3.63, 3.8) is 0 Å². The molecule has 0 aliphatic heterocycles. The lowest BCUT2D eigenvalue weighted by Crippen LogP contribution is -2.36. The summed E-state index contributed by atoms with van der Waals surface area (Å²) in [4.78, 5) is 16.6. The Bertz CT molecular complexity index is 302. The van der Waals surface area contributed by atoms with Crippen LogP contribution in [0.1, 0.15) is 12.0 Å². The first kappa shape index (κ1) is 11.5. The number of nitrogens with zero attached hydrogens (tertiary/aromatic N) is 2. The maximum Gasteiger partial charge on any atom is 0.315 e. The average Bonchev–Trinajstić information content (AvgIpc) is 2.25. The Morgan fingerprint density at radius 1 is 1.40 bits per heavy atom. The second kappa shape index (κ2) is 5.98. The van der Waals surface area contributed by atoms with Gasteiger partial charge in [0.2, 0.25) is 0 Å². The van der Waals surface area contributed by atoms with Crippen LogP contribution in [0.4, 0.5) is 4.79 Å². The van der Waals surface area contributed by atoms with E-state index in [1.165, 1.54) is 0 Å². The van der Waals surface area contributed by atoms with E-state index in [-0.39, 0.29) is 0 Å². The number of pyridine rings is 1. The maximum absolute atomic E-state index is 11.1. The molecular weight excluding hydrogens is 192 g/mol. The minimum atomic E-state index is -0.416. The van der Waals surface area contributed by atoms with Crippen molar-refractivity contribution in [3.05, 3.63) is 30.1 Å². The molecule has 2 amide bonds. The molecule has 1 rings (SSSR count). The van der Waals surface area contributed by atoms with Gasteiger partial charge in [-0.1, -0.05) is 0 Å². The molecule has 0 aliphatic rings. The lowest BCUT2D eigenvalue weighted by Gasteiger charge is -2.19. The Morgan fingerprint density at radius 3 is 2.60 bits per heavy atom. The quantitative estimate of drug-likeness (QED) is 0.730. The number of rotatable bonds is 5. The zero-order chi connectivity index (χ0) is 11.1. The van der Waals surface area contributed by atoms with Crippen LogP contribution in [-0.2, 0) is 6.54 Å². The van der Waals surface area contributed by atoms with E-state index >= 15 is 0 Å². The number of carbonyl (C=O) groups excluding carboxylic acids is 1. The third-order valence-corrected chi connectivity index (χ3v) is 2.07. The fourth-order valence-corrected chi connectivity index (χ4v) is 1.26. The molecule has 0 spiro atoms. The first-order valence-corrected chi connectivity index (χ1v) is 4.87. The number of primary amides is 1. The summed E-state index contributed by atoms with van der Waals surface area (Å²) in [5, 5.41) is 0. The van der Waals surface area contributed by atoms with Crippen molar-refractivity contribution >= 4 is 6.03 Å². The van der Waals surface area contributed by atoms with Gasteiger partial charge in [-0.2, -0.15) is 0 Å². The normalized spacial score (nSPS) is 9.93. The molecule has 82 valence electrons. The van der Waals surface area contributed by atoms with E-state index in [4.69, 9.17) is 11.5 Å². The van der Waals surface area contributed by atoms with Crippen molar-refractivity contribution in [2.45, 2.75) is 13.0 Å². The van der Waals surface area contributed by atoms with Crippen LogP contribution < -0.4 is 11.5 Å². The highest BCUT2D eigenvalue weighted by Gasteiger charge is 2.08. The first-order valence-electron chi connectivity index (χ1n) is 4.87. The Balaban J connectivity index is 2.55. The van der Waals surface area contributed by atoms with Crippen LogP contribution in [-0.4, -0.2) is 29.0 Å². The van der Waals surface area contributed by atoms with Gasteiger partial charge in [0.25, 0.3) is 0 Å². The van der Waals surface area contributed by atoms with Crippen molar-refractivity contribution in [3.8, 4) is 0 Å². The fraction of sp³-hybridized carbons (Fsp3) is 0.400. The zero-order valence-electron chi connectivity index (χ0n) is 8.60. The second-order valence-corrected chi connectivity index (χ2v) is 3.26. The lowest BCUT2D eigenvalue weighted by atomic mass is 10.2. The van der Waals surface area contributed by atoms with Crippen molar-refractivity contribution in [1.82, 2.24) is 9.88 Å². The van der Waals surface area contributed by atoms with Gasteiger partial charge in [-0.05, 0) is 30.7 Å². The summed E-state index contributed by atoms with van der Waals surface area (Å²) in [7, 11) is 0. The minimum absolute atomic E-state index is 0.416. The summed E-state index contributed by atoms with van der Waals surface area (Å²) in [6, 6.07) is 3.30. The van der Waals surface area contributed by atoms with Gasteiger partial charge in [0.1, 0.15) is 0 Å². The number of hydrogen-bond acceptors (Lipinski definition) is 3. The molecule has 0 atom stereocenters. The van der Waals surface area contributed by atoms with E-state index in [1.807, 2.05) is 12.1 Å². The molecule has 4 N–H and O–H groups in total. The predicted molar refractivity (Wildman–Crippen MR) is 57.9 cm³/mol. The van der Waals surface area contributed by atoms with E-state index < -0.39 is 6.03 Å². The number of urea groups is 1. The van der Waals surface area contributed by atoms with Crippen LogP contribution >= 0.6 is 0 Å². The van der Waals surface area contributed by atoms with E-state index in [2.05, 4.69) is 4.98 Å². The van der Waals surface area contributed by atoms with Gasteiger partial charge in [0, 0.05) is 25.5 Å². The SMILES string of the molecule is NCCCN(Cc1ccncc1)C(N)=O. The number of aromatic nitrogens is 1. The molecule has 0 saturated heterocycles. The van der Waals surface area contributed by atoms with Crippen molar-refractivity contribution in [1.29, 1.82) is 0 Å². The molecule has 1 heterocycles. The van der Waals surface area contributed by atoms with Gasteiger partial charge in [0.15, 0.2) is 0 Å². The Kier molecular flexibility index (Phi) is 4.56. The standard InChI is InChI=1S/C10H16N4O/c11-4-1-7-14(10(12)15)8-9-2-5-13-6-3-9/h2-3,5-6H,1,4,7-8,11H2,(H2,12,15). The molecule has 15 heavy (non-hydrogen) atoms. The summed E-state index contributed by atoms with van der Waals surface area (Å²) in [6.45, 7) is 1.66. The fourth-order valence-electron chi connectivity index (χ4n) is 1.26. The van der Waals surface area contributed by atoms with E-state index in [9.17, 15) is 4.79 Å². The van der Waals surface area contributed by atoms with Crippen LogP contribution in [0.2, 0.25) is 0 Å². The average molecular weight is 208 g/mol. The molecule has 0 fully saturated rings. The molecule has 5 nitrogen and oxygen atoms in total. The molecule has 1 aromatic rings. The van der Waals surface area contributed by atoms with Gasteiger partial charge in [-0.15, -0.1) is 0 Å². The highest BCUT2D eigenvalue weighted by Crippen LogP contribution is 2.03. The molecule has 0 bridgehead atoms. The van der Waals surface area contributed by atoms with Gasteiger partial charge in [-0.3, -0.25) is 4.98 Å². The number of amides is 2. The van der Waals surface area contributed by atoms with E-state index in [1.54, 1.807) is 17.3 Å². The van der Waals surface area contributed by atoms with Crippen molar-refractivity contribution in [2.75, 3.05) is 13.1 Å². The molecule has 0 aliphatic carbocycles. The molecule has 5 heteroatoms. The summed E-state index contributed by atoms with van der Waals surface area (Å²) in [5.74, 6) is 0. The highest BCUT2D eigenvalue weighted by atomic mass is 16.2. The first-order chi connectivity index (χ1) is 7.24. The lowest BCUT2D eigenvalue weighted by molar-refractivity contribution is 0.204. The van der Waals surface area contributed by atoms with Crippen molar-refractivity contribution < 1.29 is 4.79 Å². The highest BCUT2D eigenvalue weighted by molar-refractivity contribution is 5.71. The van der Waals surface area contributed by atoms with Crippen LogP contribution in [0.15, 0.2) is 24.5 Å². The number of carbonyl (C=O) groups is 1. The number of hydrogen-bond donors (Lipinski definition) is 2. The monoisotopic (exact) mass is 208 g/mol. The molecule has 1 aromatic heterocycles. The molecule has 0 unspecified atom stereocenters. The summed E-state index contributed by atoms with van der Waals surface area (Å²) >= 11 is 0. The minimum Gasteiger partial charge on any atom is -0.351 e. The molecule has 0 aromatic carbocycles. The molecule has 0 saturated carbocycles. The zero-order valence-corrected chi connectivity index (χ0v) is 8.60. The Morgan fingerprint density at radius 2 is 2.07 bits per heavy atom. The van der Waals surface area contributed by atoms with E-state index in [0.29, 0.717) is 19.6 Å². The Labute approximate surface area is 89.1 Å². The molecular formula is C10H16N4O. The van der Waals surface area contributed by atoms with E-state index in [0.717, 1.165) is 12.0 Å². The van der Waals surface area contributed by atoms with Gasteiger partial charge in [-0.25, -0.2) is 4.79 Å². The third kappa shape index (κ3) is 3.95. The van der Waals surface area contributed by atoms with Gasteiger partial charge in [0.05, 0.1) is 0 Å². The van der Waals surface area contributed by atoms with Crippen LogP contribution in [0.25, 0.3) is 0 Å². The summed E-state index contributed by atoms with van der Waals surface area (Å²) in [6.07, 6.45) is 4.14. The Hall–Kier alpha value is -1.62. The van der Waals surface area contributed by atoms with Gasteiger partial charge >= 0.3 is 6.03 Å². The van der Waals surface area contributed by atoms with Crippen LogP contribution in [0, 0.1) is 0 Å².